The van der Waals surface area contributed by atoms with E-state index >= 15 is 0 Å². The molecule has 7 bridgehead atoms. The summed E-state index contributed by atoms with van der Waals surface area (Å²) in [6, 6.07) is 0. The van der Waals surface area contributed by atoms with Crippen LogP contribution < -0.4 is 0 Å². The van der Waals surface area contributed by atoms with Gasteiger partial charge in [0.05, 0.1) is 36.6 Å². The van der Waals surface area contributed by atoms with Gasteiger partial charge in [0.15, 0.2) is 6.10 Å². The first-order valence-corrected chi connectivity index (χ1v) is 21.2. The second kappa shape index (κ2) is 22.6. The van der Waals surface area contributed by atoms with Crippen LogP contribution in [0, 0.1) is 17.8 Å². The molecule has 0 aromatic carbocycles. The summed E-state index contributed by atoms with van der Waals surface area (Å²) < 4.78 is 31.4. The molecule has 3 saturated heterocycles. The summed E-state index contributed by atoms with van der Waals surface area (Å²) in [6.07, 6.45) is 28.1. The van der Waals surface area contributed by atoms with E-state index in [1.165, 1.54) is 6.08 Å². The van der Waals surface area contributed by atoms with Crippen LogP contribution in [0.5, 0.6) is 0 Å². The van der Waals surface area contributed by atoms with Crippen LogP contribution >= 0.6 is 0 Å². The predicted octanol–water partition coefficient (Wildman–Crippen LogP) is 7.01. The summed E-state index contributed by atoms with van der Waals surface area (Å²) in [5.41, 5.74) is 0.941. The number of aliphatic carboxylic acids is 1. The first-order valence-electron chi connectivity index (χ1n) is 21.2. The monoisotopic (exact) mass is 804 g/mol. The Morgan fingerprint density at radius 2 is 1.57 bits per heavy atom. The van der Waals surface area contributed by atoms with Gasteiger partial charge in [0.1, 0.15) is 30.2 Å². The zero-order valence-corrected chi connectivity index (χ0v) is 34.4. The van der Waals surface area contributed by atoms with Crippen LogP contribution in [0.4, 0.5) is 0 Å². The normalized spacial score (nSPS) is 38.2. The summed E-state index contributed by atoms with van der Waals surface area (Å²) in [6.45, 7) is 8.03. The Hall–Kier alpha value is -3.71. The number of rotatable bonds is 7. The molecule has 3 N–H and O–H groups in total. The van der Waals surface area contributed by atoms with E-state index in [2.05, 4.69) is 19.9 Å². The Labute approximate surface area is 343 Å². The Bertz CT molecular complexity index is 1620. The summed E-state index contributed by atoms with van der Waals surface area (Å²) in [7, 11) is 0. The van der Waals surface area contributed by atoms with Crippen LogP contribution in [0.3, 0.4) is 0 Å². The third-order valence-electron chi connectivity index (χ3n) is 11.8. The maximum Gasteiger partial charge on any atom is 0.331 e. The van der Waals surface area contributed by atoms with Gasteiger partial charge in [-0.05, 0) is 63.0 Å². The van der Waals surface area contributed by atoms with Crippen molar-refractivity contribution in [3.8, 4) is 0 Å². The smallest absolute Gasteiger partial charge is 0.331 e. The van der Waals surface area contributed by atoms with Crippen LogP contribution in [0.15, 0.2) is 96.7 Å². The zero-order valence-electron chi connectivity index (χ0n) is 34.4. The number of unbranched alkanes of at least 4 members (excludes halogenated alkanes) is 1. The first-order chi connectivity index (χ1) is 27.9. The molecule has 14 atom stereocenters. The minimum absolute atomic E-state index is 0.00740. The van der Waals surface area contributed by atoms with Gasteiger partial charge in [-0.2, -0.15) is 0 Å². The third kappa shape index (κ3) is 13.4. The van der Waals surface area contributed by atoms with E-state index in [1.54, 1.807) is 18.2 Å². The van der Waals surface area contributed by atoms with Crippen molar-refractivity contribution >= 4 is 17.7 Å². The molecule has 6 heterocycles. The quantitative estimate of drug-likeness (QED) is 0.138. The number of esters is 1. The van der Waals surface area contributed by atoms with E-state index in [9.17, 15) is 24.6 Å². The van der Waals surface area contributed by atoms with Gasteiger partial charge in [-0.3, -0.25) is 9.59 Å². The standard InChI is InChI=1S/C47H64O11/c1-30(17-14-15-23-44(50)51)27-31(2)47-40-26-25-34(54-47)18-10-6-5-7-11-19-35(48)46(53)43-28-36(49)32(3)37(56-43)21-16-22-38-33(4)41-29-42(55-38)39(57-41)20-12-8-9-13-24-45(52)58-40/h6,8-13,16,19-20,22,24-27,30,32-35,37-43,46-48,53H,5,7,14-15,17-18,21,23,28-29H2,1-4H3,(H,50,51)/b9-8?,10-6?,19-11-,20-12?,22-16?,24-13+,31-27?. The van der Waals surface area contributed by atoms with Crippen LogP contribution in [0.1, 0.15) is 91.9 Å². The minimum atomic E-state index is -1.24. The lowest BCUT2D eigenvalue weighted by Gasteiger charge is -2.36. The highest BCUT2D eigenvalue weighted by atomic mass is 16.6. The summed E-state index contributed by atoms with van der Waals surface area (Å²) in [5.74, 6) is -1.30. The summed E-state index contributed by atoms with van der Waals surface area (Å²) in [5, 5.41) is 30.8. The van der Waals surface area contributed by atoms with Gasteiger partial charge in [-0.25, -0.2) is 4.79 Å². The number of carbonyl (C=O) groups is 3. The molecule has 0 aromatic heterocycles. The van der Waals surface area contributed by atoms with Crippen LogP contribution in [0.2, 0.25) is 0 Å². The number of Topliss-reactive ketones (excluding diaryl/α,β-unsaturated/α-hetero) is 1. The van der Waals surface area contributed by atoms with Gasteiger partial charge in [-0.1, -0.05) is 106 Å². The molecule has 6 rings (SSSR count). The largest absolute Gasteiger partial charge is 0.481 e. The molecular formula is C47H64O11. The fourth-order valence-electron chi connectivity index (χ4n) is 8.23. The molecule has 6 aliphatic rings. The van der Waals surface area contributed by atoms with Crippen molar-refractivity contribution in [1.82, 2.24) is 0 Å². The predicted molar refractivity (Wildman–Crippen MR) is 221 cm³/mol. The van der Waals surface area contributed by atoms with Crippen molar-refractivity contribution in [2.24, 2.45) is 17.8 Å². The molecule has 0 aliphatic carbocycles. The number of hydrogen-bond acceptors (Lipinski definition) is 10. The highest BCUT2D eigenvalue weighted by Crippen LogP contribution is 2.38. The fourth-order valence-corrected chi connectivity index (χ4v) is 8.23. The number of carboxylic acid groups (broad SMARTS) is 1. The first kappa shape index (κ1) is 45.4. The van der Waals surface area contributed by atoms with Gasteiger partial charge in [0.2, 0.25) is 0 Å². The maximum atomic E-state index is 13.0. The van der Waals surface area contributed by atoms with Crippen molar-refractivity contribution in [3.05, 3.63) is 96.7 Å². The number of allylic oxidation sites excluding steroid dienone is 7. The lowest BCUT2D eigenvalue weighted by molar-refractivity contribution is -0.163. The Morgan fingerprint density at radius 3 is 2.38 bits per heavy atom. The molecule has 0 aromatic rings. The lowest BCUT2D eigenvalue weighted by atomic mass is 9.87. The van der Waals surface area contributed by atoms with E-state index in [0.717, 1.165) is 24.8 Å². The number of carboxylic acids is 1. The molecular weight excluding hydrogens is 741 g/mol. The number of carbonyl (C=O) groups excluding carboxylic acids is 2. The number of ether oxygens (including phenoxy) is 5. The number of hydrogen-bond donors (Lipinski definition) is 3. The average Bonchev–Trinajstić information content (AvgIpc) is 3.54. The van der Waals surface area contributed by atoms with Crippen molar-refractivity contribution in [2.75, 3.05) is 0 Å². The topological polar surface area (TPSA) is 158 Å². The van der Waals surface area contributed by atoms with Gasteiger partial charge in [-0.15, -0.1) is 0 Å². The van der Waals surface area contributed by atoms with E-state index in [0.29, 0.717) is 32.1 Å². The summed E-state index contributed by atoms with van der Waals surface area (Å²) in [4.78, 5) is 36.9. The van der Waals surface area contributed by atoms with E-state index in [-0.39, 0.29) is 66.9 Å². The lowest BCUT2D eigenvalue weighted by Crippen LogP contribution is -2.48. The van der Waals surface area contributed by atoms with Crippen molar-refractivity contribution < 1.29 is 53.4 Å². The molecule has 0 radical (unpaired) electrons. The van der Waals surface area contributed by atoms with E-state index < -0.39 is 48.6 Å². The van der Waals surface area contributed by atoms with Crippen molar-refractivity contribution in [1.29, 1.82) is 0 Å². The average molecular weight is 805 g/mol. The Kier molecular flexibility index (Phi) is 17.7. The molecule has 0 saturated carbocycles. The maximum absolute atomic E-state index is 13.0. The van der Waals surface area contributed by atoms with Crippen LogP contribution in [-0.4, -0.2) is 100 Å². The highest BCUT2D eigenvalue weighted by molar-refractivity contribution is 5.83. The molecule has 58 heavy (non-hydrogen) atoms. The van der Waals surface area contributed by atoms with E-state index in [1.807, 2.05) is 74.6 Å². The molecule has 11 nitrogen and oxygen atoms in total. The van der Waals surface area contributed by atoms with Crippen LogP contribution in [-0.2, 0) is 38.1 Å². The molecule has 6 aliphatic heterocycles. The molecule has 14 unspecified atom stereocenters. The van der Waals surface area contributed by atoms with Gasteiger partial charge >= 0.3 is 11.9 Å². The fraction of sp³-hybridized carbons (Fsp3) is 0.596. The van der Waals surface area contributed by atoms with Crippen molar-refractivity contribution in [2.45, 2.75) is 159 Å². The van der Waals surface area contributed by atoms with E-state index in [4.69, 9.17) is 28.8 Å². The van der Waals surface area contributed by atoms with Crippen LogP contribution in [0.25, 0.3) is 0 Å². The second-order valence-corrected chi connectivity index (χ2v) is 16.4. The molecule has 318 valence electrons. The number of ketones is 1. The third-order valence-corrected chi connectivity index (χ3v) is 11.8. The molecule has 11 heteroatoms. The summed E-state index contributed by atoms with van der Waals surface area (Å²) >= 11 is 0. The SMILES string of the molecule is CC(=CC(C)CCCCC(=O)O)C1OC2C=CC1OC(=O)/C=C/C=CC=CC1OC3CC1OC(C=CCC1OC(CC(=O)C1C)C(O)C(O)/C=C\CCC=CC2)C3C. The molecule has 3 fully saturated rings. The Balaban J connectivity index is 1.29. The number of aliphatic hydroxyl groups is 2. The molecule has 0 amide bonds. The highest BCUT2D eigenvalue weighted by Gasteiger charge is 2.45. The van der Waals surface area contributed by atoms with Crippen molar-refractivity contribution in [3.63, 3.8) is 0 Å². The minimum Gasteiger partial charge on any atom is -0.481 e. The Morgan fingerprint density at radius 1 is 0.793 bits per heavy atom. The van der Waals surface area contributed by atoms with Gasteiger partial charge < -0.3 is 39.0 Å². The number of aliphatic hydroxyl groups excluding tert-OH is 2. The van der Waals surface area contributed by atoms with Gasteiger partial charge in [0.25, 0.3) is 0 Å². The van der Waals surface area contributed by atoms with Gasteiger partial charge in [0, 0.05) is 37.2 Å². The second-order valence-electron chi connectivity index (χ2n) is 16.4. The number of fused-ring (bicyclic) bond motifs is 13. The molecule has 0 spiro atoms. The zero-order chi connectivity index (χ0) is 41.6.